The van der Waals surface area contributed by atoms with Crippen molar-refractivity contribution in [2.24, 2.45) is 11.8 Å². The first-order valence-corrected chi connectivity index (χ1v) is 13.5. The number of halogens is 1. The maximum Gasteiger partial charge on any atom is 0.312 e. The molecule has 2 bridgehead atoms. The Balaban J connectivity index is 1.61. The van der Waals surface area contributed by atoms with Crippen molar-refractivity contribution >= 4 is 50.2 Å². The topological polar surface area (TPSA) is 96.4 Å². The molecule has 0 aromatic heterocycles. The number of esters is 1. The molecule has 3 aliphatic rings. The maximum atomic E-state index is 14.5. The zero-order valence-electron chi connectivity index (χ0n) is 20.9. The van der Waals surface area contributed by atoms with Crippen molar-refractivity contribution in [3.05, 3.63) is 55.1 Å². The summed E-state index contributed by atoms with van der Waals surface area (Å²) in [5.41, 5.74) is -0.554. The summed E-state index contributed by atoms with van der Waals surface area (Å²) < 4.78 is 11.8. The average Bonchev–Trinajstić information content (AvgIpc) is 3.49. The van der Waals surface area contributed by atoms with Crippen molar-refractivity contribution in [3.63, 3.8) is 0 Å². The molecule has 1 N–H and O–H groups in total. The molecule has 0 radical (unpaired) electrons. The average molecular weight is 571 g/mol. The molecule has 3 heterocycles. The highest BCUT2D eigenvalue weighted by atomic mass is 79.9. The molecular formula is C28H31BrN2O6. The molecule has 5 rings (SSSR count). The third kappa shape index (κ3) is 3.90. The number of nitrogens with zero attached hydrogens (tertiary/aromatic N) is 2. The lowest BCUT2D eigenvalue weighted by Gasteiger charge is -2.38. The Labute approximate surface area is 224 Å². The highest BCUT2D eigenvalue weighted by Gasteiger charge is 2.77. The van der Waals surface area contributed by atoms with E-state index in [1.165, 1.54) is 4.90 Å². The van der Waals surface area contributed by atoms with Gasteiger partial charge in [-0.3, -0.25) is 14.4 Å². The van der Waals surface area contributed by atoms with E-state index in [0.717, 1.165) is 10.8 Å². The van der Waals surface area contributed by atoms with Gasteiger partial charge < -0.3 is 24.4 Å². The highest BCUT2D eigenvalue weighted by Crippen LogP contribution is 2.60. The predicted molar refractivity (Wildman–Crippen MR) is 142 cm³/mol. The van der Waals surface area contributed by atoms with Crippen LogP contribution in [0.2, 0.25) is 0 Å². The third-order valence-electron chi connectivity index (χ3n) is 7.88. The second-order valence-electron chi connectivity index (χ2n) is 9.96. The number of carbonyl (C=O) groups is 3. The first kappa shape index (κ1) is 25.9. The van der Waals surface area contributed by atoms with Crippen LogP contribution in [0, 0.1) is 11.8 Å². The molecule has 1 spiro atoms. The minimum Gasteiger partial charge on any atom is -0.466 e. The third-order valence-corrected chi connectivity index (χ3v) is 8.73. The standard InChI is InChI=1S/C28H31BrN2O6/c1-4-12-30(19-11-10-17-8-6-7-9-18(17)13-19)26(34)24-28-14-20(29)23(37-28)21(27(35)36-5-2)22(28)25(33)31(24)16(3)15-32/h4,6-11,13,16,20-24,32H,1,5,12,14-15H2,2-3H3/t16-,20?,21-,22+,23-,24-,28+/m1/s1. The Morgan fingerprint density at radius 3 is 2.73 bits per heavy atom. The zero-order valence-corrected chi connectivity index (χ0v) is 22.5. The number of aliphatic hydroxyl groups excluding tert-OH is 1. The number of benzene rings is 2. The van der Waals surface area contributed by atoms with Gasteiger partial charge in [0.1, 0.15) is 11.6 Å². The van der Waals surface area contributed by atoms with E-state index in [9.17, 15) is 19.5 Å². The quantitative estimate of drug-likeness (QED) is 0.298. The number of rotatable bonds is 8. The predicted octanol–water partition coefficient (Wildman–Crippen LogP) is 3.05. The van der Waals surface area contributed by atoms with Gasteiger partial charge in [0, 0.05) is 17.1 Å². The number of hydrogen-bond acceptors (Lipinski definition) is 6. The van der Waals surface area contributed by atoms with E-state index in [1.54, 1.807) is 24.8 Å². The first-order valence-electron chi connectivity index (χ1n) is 12.6. The number of anilines is 1. The van der Waals surface area contributed by atoms with Crippen molar-refractivity contribution in [1.82, 2.24) is 4.90 Å². The molecule has 2 amide bonds. The SMILES string of the molecule is C=CCN(C(=O)[C@H]1N([C@H](C)CO)C(=O)[C@@H]2[C@@H](C(=O)OCC)[C@@H]3O[C@@]21CC3Br)c1ccc2ccccc2c1. The van der Waals surface area contributed by atoms with Crippen molar-refractivity contribution < 1.29 is 29.0 Å². The van der Waals surface area contributed by atoms with Gasteiger partial charge in [-0.15, -0.1) is 6.58 Å². The van der Waals surface area contributed by atoms with Crippen molar-refractivity contribution in [1.29, 1.82) is 0 Å². The number of ether oxygens (including phenoxy) is 2. The number of likely N-dealkylation sites (tertiary alicyclic amines) is 1. The van der Waals surface area contributed by atoms with Crippen LogP contribution in [0.5, 0.6) is 0 Å². The maximum absolute atomic E-state index is 14.5. The molecule has 0 aliphatic carbocycles. The normalized spacial score (nSPS) is 30.9. The fourth-order valence-corrected chi connectivity index (χ4v) is 7.30. The van der Waals surface area contributed by atoms with Gasteiger partial charge in [0.25, 0.3) is 5.91 Å². The Bertz CT molecular complexity index is 1250. The minimum atomic E-state index is -1.22. The van der Waals surface area contributed by atoms with Crippen LogP contribution in [0.3, 0.4) is 0 Å². The molecule has 2 aromatic rings. The highest BCUT2D eigenvalue weighted by molar-refractivity contribution is 9.09. The summed E-state index contributed by atoms with van der Waals surface area (Å²) in [5.74, 6) is -2.90. The molecule has 7 atom stereocenters. The van der Waals surface area contributed by atoms with E-state index >= 15 is 0 Å². The van der Waals surface area contributed by atoms with Crippen LogP contribution < -0.4 is 4.90 Å². The smallest absolute Gasteiger partial charge is 0.312 e. The van der Waals surface area contributed by atoms with Gasteiger partial charge in [-0.05, 0) is 43.2 Å². The van der Waals surface area contributed by atoms with E-state index in [0.29, 0.717) is 12.1 Å². The molecule has 196 valence electrons. The summed E-state index contributed by atoms with van der Waals surface area (Å²) in [6.07, 6.45) is 1.44. The number of hydrogen-bond donors (Lipinski definition) is 1. The Morgan fingerprint density at radius 1 is 1.32 bits per heavy atom. The van der Waals surface area contributed by atoms with Gasteiger partial charge in [-0.2, -0.15) is 0 Å². The molecule has 1 unspecified atom stereocenters. The van der Waals surface area contributed by atoms with E-state index in [4.69, 9.17) is 9.47 Å². The lowest BCUT2D eigenvalue weighted by atomic mass is 9.70. The van der Waals surface area contributed by atoms with Crippen LogP contribution in [-0.2, 0) is 23.9 Å². The number of alkyl halides is 1. The van der Waals surface area contributed by atoms with Gasteiger partial charge in [0.15, 0.2) is 0 Å². The summed E-state index contributed by atoms with van der Waals surface area (Å²) in [4.78, 5) is 44.2. The number of aliphatic hydroxyl groups is 1. The summed E-state index contributed by atoms with van der Waals surface area (Å²) >= 11 is 3.64. The van der Waals surface area contributed by atoms with E-state index in [-0.39, 0.29) is 36.4 Å². The van der Waals surface area contributed by atoms with Crippen LogP contribution in [0.4, 0.5) is 5.69 Å². The molecule has 3 saturated heterocycles. The minimum absolute atomic E-state index is 0.178. The fourth-order valence-electron chi connectivity index (χ4n) is 6.36. The summed E-state index contributed by atoms with van der Waals surface area (Å²) in [5, 5.41) is 12.1. The van der Waals surface area contributed by atoms with Crippen LogP contribution >= 0.6 is 15.9 Å². The van der Waals surface area contributed by atoms with E-state index < -0.39 is 41.6 Å². The number of amides is 2. The zero-order chi connectivity index (χ0) is 26.5. The van der Waals surface area contributed by atoms with Gasteiger partial charge in [-0.1, -0.05) is 52.3 Å². The molecule has 8 nitrogen and oxygen atoms in total. The lowest BCUT2D eigenvalue weighted by Crippen LogP contribution is -2.58. The summed E-state index contributed by atoms with van der Waals surface area (Å²) in [6.45, 7) is 7.32. The molecular weight excluding hydrogens is 540 g/mol. The molecule has 3 fully saturated rings. The van der Waals surface area contributed by atoms with Gasteiger partial charge in [0.05, 0.1) is 37.2 Å². The number of carbonyl (C=O) groups excluding carboxylic acids is 3. The fraction of sp³-hybridized carbons (Fsp3) is 0.464. The van der Waals surface area contributed by atoms with Crippen LogP contribution in [0.1, 0.15) is 20.3 Å². The Kier molecular flexibility index (Phi) is 6.89. The van der Waals surface area contributed by atoms with Crippen molar-refractivity contribution in [2.45, 2.75) is 48.9 Å². The van der Waals surface area contributed by atoms with Crippen molar-refractivity contribution in [2.75, 3.05) is 24.7 Å². The monoisotopic (exact) mass is 570 g/mol. The van der Waals surface area contributed by atoms with E-state index in [1.807, 2.05) is 42.5 Å². The lowest BCUT2D eigenvalue weighted by molar-refractivity contribution is -0.155. The van der Waals surface area contributed by atoms with E-state index in [2.05, 4.69) is 22.5 Å². The largest absolute Gasteiger partial charge is 0.466 e. The van der Waals surface area contributed by atoms with Gasteiger partial charge in [-0.25, -0.2) is 0 Å². The second kappa shape index (κ2) is 9.85. The van der Waals surface area contributed by atoms with Gasteiger partial charge >= 0.3 is 5.97 Å². The molecule has 2 aromatic carbocycles. The molecule has 37 heavy (non-hydrogen) atoms. The Hall–Kier alpha value is -2.75. The summed E-state index contributed by atoms with van der Waals surface area (Å²) in [6, 6.07) is 12.0. The van der Waals surface area contributed by atoms with Crippen LogP contribution in [0.15, 0.2) is 55.1 Å². The van der Waals surface area contributed by atoms with Crippen LogP contribution in [0.25, 0.3) is 10.8 Å². The van der Waals surface area contributed by atoms with Crippen molar-refractivity contribution in [3.8, 4) is 0 Å². The molecule has 9 heteroatoms. The van der Waals surface area contributed by atoms with Gasteiger partial charge in [0.2, 0.25) is 5.91 Å². The second-order valence-corrected chi connectivity index (χ2v) is 11.1. The Morgan fingerprint density at radius 2 is 2.05 bits per heavy atom. The summed E-state index contributed by atoms with van der Waals surface area (Å²) in [7, 11) is 0. The molecule has 0 saturated carbocycles. The number of fused-ring (bicyclic) bond motifs is 2. The molecule has 3 aliphatic heterocycles. The first-order chi connectivity index (χ1) is 17.8. The van der Waals surface area contributed by atoms with Crippen LogP contribution in [-0.4, -0.2) is 76.2 Å².